The molecule has 2 aliphatic rings. The molecule has 13 heteroatoms. The van der Waals surface area contributed by atoms with Crippen LogP contribution in [0.3, 0.4) is 0 Å². The maximum absolute atomic E-state index is 11.7. The number of hydrogen-bond acceptors (Lipinski definition) is 13. The van der Waals surface area contributed by atoms with Crippen molar-refractivity contribution in [2.45, 2.75) is 68.3 Å². The fourth-order valence-electron chi connectivity index (χ4n) is 4.35. The molecular formula is C23H26O13. The van der Waals surface area contributed by atoms with E-state index in [1.54, 1.807) is 6.07 Å². The second-order valence-corrected chi connectivity index (χ2v) is 8.85. The summed E-state index contributed by atoms with van der Waals surface area (Å²) in [6.45, 7) is 1.04. The van der Waals surface area contributed by atoms with Gasteiger partial charge in [0.2, 0.25) is 6.29 Å². The van der Waals surface area contributed by atoms with Gasteiger partial charge in [-0.2, -0.15) is 0 Å². The Balaban J connectivity index is 1.38. The summed E-state index contributed by atoms with van der Waals surface area (Å²) >= 11 is 0. The number of fused-ring (bicyclic) bond motifs is 2. The van der Waals surface area contributed by atoms with E-state index in [0.717, 1.165) is 0 Å². The van der Waals surface area contributed by atoms with E-state index in [4.69, 9.17) is 27.8 Å². The molecule has 0 spiro atoms. The van der Waals surface area contributed by atoms with Gasteiger partial charge in [0.15, 0.2) is 6.29 Å². The molecule has 0 amide bonds. The highest BCUT2D eigenvalue weighted by Crippen LogP contribution is 2.37. The highest BCUT2D eigenvalue weighted by Gasteiger charge is 2.47. The Labute approximate surface area is 202 Å². The normalized spacial score (nSPS) is 37.4. The van der Waals surface area contributed by atoms with E-state index in [2.05, 4.69) is 0 Å². The van der Waals surface area contributed by atoms with Crippen molar-refractivity contribution in [1.29, 1.82) is 0 Å². The summed E-state index contributed by atoms with van der Waals surface area (Å²) in [6.07, 6.45) is -13.0. The molecule has 5 rings (SSSR count). The summed E-state index contributed by atoms with van der Waals surface area (Å²) in [7, 11) is 0. The van der Waals surface area contributed by atoms with Gasteiger partial charge in [0.05, 0.1) is 29.7 Å². The molecule has 2 fully saturated rings. The molecule has 13 nitrogen and oxygen atoms in total. The molecular weight excluding hydrogens is 484 g/mol. The Morgan fingerprint density at radius 2 is 1.50 bits per heavy atom. The average molecular weight is 510 g/mol. The predicted octanol–water partition coefficient (Wildman–Crippen LogP) is -1.43. The molecule has 6 N–H and O–H groups in total. The van der Waals surface area contributed by atoms with E-state index in [1.807, 2.05) is 0 Å². The third-order valence-electron chi connectivity index (χ3n) is 6.44. The van der Waals surface area contributed by atoms with Gasteiger partial charge < -0.3 is 58.4 Å². The first-order chi connectivity index (χ1) is 17.2. The molecule has 0 radical (unpaired) electrons. The molecule has 2 saturated heterocycles. The maximum Gasteiger partial charge on any atom is 0.336 e. The summed E-state index contributed by atoms with van der Waals surface area (Å²) in [5.74, 6) is 0.143. The largest absolute Gasteiger partial charge is 0.464 e. The molecule has 36 heavy (non-hydrogen) atoms. The molecule has 10 atom stereocenters. The maximum atomic E-state index is 11.7. The molecule has 0 aliphatic carbocycles. The first-order valence-electron chi connectivity index (χ1n) is 11.3. The number of ether oxygens (including phenoxy) is 4. The Kier molecular flexibility index (Phi) is 6.76. The first kappa shape index (κ1) is 25.1. The number of hydrogen-bond donors (Lipinski definition) is 6. The lowest BCUT2D eigenvalue weighted by molar-refractivity contribution is -0.318. The van der Waals surface area contributed by atoms with Gasteiger partial charge in [0, 0.05) is 12.1 Å². The smallest absolute Gasteiger partial charge is 0.336 e. The summed E-state index contributed by atoms with van der Waals surface area (Å²) in [6, 6.07) is 5.76. The lowest BCUT2D eigenvalue weighted by atomic mass is 9.98. The van der Waals surface area contributed by atoms with E-state index in [-0.39, 0.29) is 11.3 Å². The third kappa shape index (κ3) is 4.38. The van der Waals surface area contributed by atoms with Crippen LogP contribution in [0.5, 0.6) is 5.75 Å². The van der Waals surface area contributed by atoms with Gasteiger partial charge in [-0.05, 0) is 19.1 Å². The molecule has 2 aliphatic heterocycles. The quantitative estimate of drug-likeness (QED) is 0.218. The Morgan fingerprint density at radius 1 is 0.806 bits per heavy atom. The van der Waals surface area contributed by atoms with Gasteiger partial charge in [-0.15, -0.1) is 0 Å². The van der Waals surface area contributed by atoms with Gasteiger partial charge in [-0.3, -0.25) is 0 Å². The van der Waals surface area contributed by atoms with Gasteiger partial charge in [0.25, 0.3) is 0 Å². The van der Waals surface area contributed by atoms with Crippen LogP contribution in [0.4, 0.5) is 0 Å². The fourth-order valence-corrected chi connectivity index (χ4v) is 4.35. The van der Waals surface area contributed by atoms with Gasteiger partial charge in [-0.1, -0.05) is 0 Å². The number of benzene rings is 1. The minimum absolute atomic E-state index is 0.143. The van der Waals surface area contributed by atoms with Crippen LogP contribution in [0.25, 0.3) is 21.9 Å². The van der Waals surface area contributed by atoms with E-state index in [1.165, 1.54) is 31.4 Å². The standard InChI is InChI=1S/C23H26O13/c1-8-15(25)17(27)19(29)22(33-8)32-7-13-16(26)18(28)20(30)23(35-13)36-21-9-2-3-14(24)34-12(9)6-11-10(21)4-5-31-11/h2-6,8,13,15-20,22-23,25-30H,7H2,1H3/t8-,13+,15-,16+,17+,18-,19+,20+,22+,23-/m0/s1. The van der Waals surface area contributed by atoms with Gasteiger partial charge in [-0.25, -0.2) is 4.79 Å². The van der Waals surface area contributed by atoms with Crippen molar-refractivity contribution in [3.05, 3.63) is 40.9 Å². The molecule has 0 bridgehead atoms. The van der Waals surface area contributed by atoms with Crippen molar-refractivity contribution in [2.75, 3.05) is 6.61 Å². The van der Waals surface area contributed by atoms with Gasteiger partial charge >= 0.3 is 5.63 Å². The molecule has 0 saturated carbocycles. The highest BCUT2D eigenvalue weighted by molar-refractivity contribution is 6.01. The molecule has 0 unspecified atom stereocenters. The van der Waals surface area contributed by atoms with Crippen LogP contribution in [0.15, 0.2) is 44.2 Å². The van der Waals surface area contributed by atoms with Crippen LogP contribution in [0.1, 0.15) is 6.92 Å². The first-order valence-corrected chi connectivity index (χ1v) is 11.3. The Hall–Kier alpha value is -2.59. The lowest BCUT2D eigenvalue weighted by Gasteiger charge is -2.42. The van der Waals surface area contributed by atoms with Crippen LogP contribution < -0.4 is 10.4 Å². The zero-order valence-corrected chi connectivity index (χ0v) is 18.9. The minimum Gasteiger partial charge on any atom is -0.464 e. The average Bonchev–Trinajstić information content (AvgIpc) is 3.33. The second kappa shape index (κ2) is 9.70. The Morgan fingerprint density at radius 3 is 2.28 bits per heavy atom. The zero-order valence-electron chi connectivity index (χ0n) is 18.9. The van der Waals surface area contributed by atoms with E-state index in [9.17, 15) is 35.4 Å². The molecule has 2 aromatic heterocycles. The number of furan rings is 1. The molecule has 196 valence electrons. The zero-order chi connectivity index (χ0) is 25.7. The highest BCUT2D eigenvalue weighted by atomic mass is 16.7. The summed E-state index contributed by atoms with van der Waals surface area (Å²) in [4.78, 5) is 11.7. The molecule has 1 aromatic carbocycles. The number of rotatable bonds is 5. The summed E-state index contributed by atoms with van der Waals surface area (Å²) in [5.41, 5.74) is -0.108. The van der Waals surface area contributed by atoms with Crippen LogP contribution in [-0.4, -0.2) is 98.7 Å². The number of aliphatic hydroxyl groups excluding tert-OH is 6. The monoisotopic (exact) mass is 510 g/mol. The van der Waals surface area contributed by atoms with Gasteiger partial charge in [0.1, 0.15) is 59.6 Å². The van der Waals surface area contributed by atoms with Crippen molar-refractivity contribution < 1.29 is 58.4 Å². The molecule has 3 aromatic rings. The van der Waals surface area contributed by atoms with Crippen LogP contribution in [0.2, 0.25) is 0 Å². The van der Waals surface area contributed by atoms with Crippen LogP contribution in [-0.2, 0) is 14.2 Å². The van der Waals surface area contributed by atoms with E-state index in [0.29, 0.717) is 16.4 Å². The predicted molar refractivity (Wildman–Crippen MR) is 118 cm³/mol. The minimum atomic E-state index is -1.70. The topological polar surface area (TPSA) is 202 Å². The van der Waals surface area contributed by atoms with Crippen molar-refractivity contribution >= 4 is 21.9 Å². The van der Waals surface area contributed by atoms with Crippen LogP contribution in [0, 0.1) is 0 Å². The lowest BCUT2D eigenvalue weighted by Crippen LogP contribution is -2.61. The van der Waals surface area contributed by atoms with Crippen LogP contribution >= 0.6 is 0 Å². The number of aliphatic hydroxyl groups is 6. The van der Waals surface area contributed by atoms with E-state index >= 15 is 0 Å². The van der Waals surface area contributed by atoms with Crippen molar-refractivity contribution in [3.8, 4) is 5.75 Å². The second-order valence-electron chi connectivity index (χ2n) is 8.85. The third-order valence-corrected chi connectivity index (χ3v) is 6.44. The molecule has 4 heterocycles. The SMILES string of the molecule is C[C@@H]1O[C@@H](OC[C@H]2O[C@@H](Oc3c4ccoc4cc4oc(=O)ccc34)[C@H](O)[C@@H](O)[C@@H]2O)[C@H](O)[C@H](O)[C@H]1O. The summed E-state index contributed by atoms with van der Waals surface area (Å²) in [5, 5.41) is 62.2. The van der Waals surface area contributed by atoms with Crippen molar-refractivity contribution in [3.63, 3.8) is 0 Å². The summed E-state index contributed by atoms with van der Waals surface area (Å²) < 4.78 is 33.1. The van der Waals surface area contributed by atoms with Crippen molar-refractivity contribution in [2.24, 2.45) is 0 Å². The van der Waals surface area contributed by atoms with Crippen molar-refractivity contribution in [1.82, 2.24) is 0 Å². The fraction of sp³-hybridized carbons (Fsp3) is 0.522. The van der Waals surface area contributed by atoms with E-state index < -0.39 is 73.6 Å². The Bertz CT molecular complexity index is 1270.